The number of aliphatic hydroxyl groups excluding tert-OH is 2. The van der Waals surface area contributed by atoms with Crippen LogP contribution in [0.25, 0.3) is 44.6 Å². The number of amides is 1. The standard InChI is InChI=1S/C28H30F2N8O2.C26H28F2N8.C2H4O3/c1-28(2)6-5-23-34-26-19(29)11-18(12-21(26)38(23)28)25-20(30)14-32-27(35-25)33-22-4-3-17(13-31-22)15-36-7-9-37(10-8-36)24(40)16-39;1-26(2)6-5-22-33-24-18(27)11-17(12-20(24)36(22)26)23-19(28)14-31-25(34-23)32-21-4-3-16(13-30-21)15-35-9-7-29-8-10-35;3-1-2(4)5/h3-4,11-14,39H,5-10,15-16H2,1-2H3,(H,31,32,33,35);3-4,11-14,29H,5-10,15H2,1-2H3,(H,30,31,32,34);3H,1H2,(H,4,5). The number of anilines is 4. The summed E-state index contributed by atoms with van der Waals surface area (Å²) in [6.07, 6.45) is 9.09. The molecular formula is C56H62F4N16O5. The summed E-state index contributed by atoms with van der Waals surface area (Å²) in [7, 11) is 0. The van der Waals surface area contributed by atoms with E-state index in [1.54, 1.807) is 29.3 Å². The summed E-state index contributed by atoms with van der Waals surface area (Å²) >= 11 is 0. The number of hydrogen-bond acceptors (Lipinski definition) is 17. The van der Waals surface area contributed by atoms with Gasteiger partial charge in [0.25, 0.3) is 0 Å². The van der Waals surface area contributed by atoms with Crippen LogP contribution in [0.3, 0.4) is 0 Å². The van der Waals surface area contributed by atoms with Gasteiger partial charge in [-0.25, -0.2) is 62.2 Å². The van der Waals surface area contributed by atoms with Crippen LogP contribution in [0.2, 0.25) is 0 Å². The maximum Gasteiger partial charge on any atom is 0.329 e. The lowest BCUT2D eigenvalue weighted by atomic mass is 10.0. The number of carbonyl (C=O) groups excluding carboxylic acids is 1. The minimum Gasteiger partial charge on any atom is -0.480 e. The van der Waals surface area contributed by atoms with E-state index in [1.165, 1.54) is 12.1 Å². The van der Waals surface area contributed by atoms with E-state index in [0.717, 1.165) is 93.6 Å². The summed E-state index contributed by atoms with van der Waals surface area (Å²) in [5.41, 5.74) is 4.23. The molecule has 12 rings (SSSR count). The molecule has 0 atom stereocenters. The number of nitrogens with one attached hydrogen (secondary N) is 3. The van der Waals surface area contributed by atoms with Crippen LogP contribution < -0.4 is 16.0 Å². The number of halogens is 4. The number of aliphatic hydroxyl groups is 2. The number of carbonyl (C=O) groups is 2. The van der Waals surface area contributed by atoms with Gasteiger partial charge in [0.15, 0.2) is 23.3 Å². The lowest BCUT2D eigenvalue weighted by molar-refractivity contribution is -0.140. The number of pyridine rings is 2. The number of hydrogen-bond donors (Lipinski definition) is 6. The van der Waals surface area contributed by atoms with Crippen molar-refractivity contribution in [1.29, 1.82) is 0 Å². The van der Waals surface area contributed by atoms with Crippen LogP contribution in [0.5, 0.6) is 0 Å². The molecule has 4 aliphatic rings. The van der Waals surface area contributed by atoms with E-state index >= 15 is 8.78 Å². The molecule has 0 spiro atoms. The first-order valence-electron chi connectivity index (χ1n) is 26.7. The number of imidazole rings is 2. The molecule has 4 aliphatic heterocycles. The minimum atomic E-state index is -1.19. The number of nitrogens with zero attached hydrogens (tertiary/aromatic N) is 13. The van der Waals surface area contributed by atoms with Crippen LogP contribution in [0, 0.1) is 23.3 Å². The maximum atomic E-state index is 15.1. The number of rotatable bonds is 12. The van der Waals surface area contributed by atoms with E-state index in [0.29, 0.717) is 72.0 Å². The van der Waals surface area contributed by atoms with E-state index in [2.05, 4.69) is 97.9 Å². The van der Waals surface area contributed by atoms with Gasteiger partial charge < -0.3 is 45.3 Å². The van der Waals surface area contributed by atoms with Gasteiger partial charge in [0.1, 0.15) is 58.9 Å². The fourth-order valence-corrected chi connectivity index (χ4v) is 10.7. The van der Waals surface area contributed by atoms with Crippen LogP contribution in [-0.2, 0) is 46.6 Å². The molecule has 0 unspecified atom stereocenters. The lowest BCUT2D eigenvalue weighted by Crippen LogP contribution is -2.49. The van der Waals surface area contributed by atoms with E-state index in [9.17, 15) is 13.6 Å². The second-order valence-electron chi connectivity index (χ2n) is 21.5. The third kappa shape index (κ3) is 12.5. The van der Waals surface area contributed by atoms with Gasteiger partial charge in [-0.15, -0.1) is 0 Å². The van der Waals surface area contributed by atoms with Gasteiger partial charge in [0.05, 0.1) is 23.4 Å². The molecule has 424 valence electrons. The molecule has 6 aromatic heterocycles. The van der Waals surface area contributed by atoms with Crippen LogP contribution in [0.4, 0.5) is 41.1 Å². The van der Waals surface area contributed by atoms with Gasteiger partial charge in [-0.2, -0.15) is 0 Å². The number of aliphatic carboxylic acids is 1. The fourth-order valence-electron chi connectivity index (χ4n) is 10.7. The molecule has 0 aliphatic carbocycles. The zero-order valence-electron chi connectivity index (χ0n) is 45.2. The monoisotopic (exact) mass is 1110 g/mol. The normalized spacial score (nSPS) is 16.5. The molecular weight excluding hydrogens is 1050 g/mol. The number of carboxylic acid groups (broad SMARTS) is 1. The zero-order chi connectivity index (χ0) is 57.2. The van der Waals surface area contributed by atoms with Crippen LogP contribution >= 0.6 is 0 Å². The Morgan fingerprint density at radius 2 is 1.02 bits per heavy atom. The first-order chi connectivity index (χ1) is 38.9. The van der Waals surface area contributed by atoms with E-state index in [1.807, 2.05) is 29.0 Å². The Morgan fingerprint density at radius 3 is 1.43 bits per heavy atom. The Hall–Kier alpha value is -8.10. The first kappa shape index (κ1) is 56.2. The van der Waals surface area contributed by atoms with Crippen molar-refractivity contribution >= 4 is 57.5 Å². The summed E-state index contributed by atoms with van der Waals surface area (Å²) in [4.78, 5) is 61.8. The highest BCUT2D eigenvalue weighted by Crippen LogP contribution is 2.40. The highest BCUT2D eigenvalue weighted by atomic mass is 19.1. The number of benzene rings is 2. The van der Waals surface area contributed by atoms with Gasteiger partial charge in [0.2, 0.25) is 17.8 Å². The topological polar surface area (TPSA) is 254 Å². The quantitative estimate of drug-likeness (QED) is 0.0736. The molecule has 10 heterocycles. The van der Waals surface area contributed by atoms with E-state index in [-0.39, 0.29) is 45.8 Å². The third-order valence-corrected chi connectivity index (χ3v) is 14.9. The van der Waals surface area contributed by atoms with Crippen molar-refractivity contribution in [2.75, 3.05) is 76.2 Å². The Bertz CT molecular complexity index is 3600. The summed E-state index contributed by atoms with van der Waals surface area (Å²) in [5.74, 6) is -0.691. The van der Waals surface area contributed by atoms with Crippen LogP contribution in [0.1, 0.15) is 63.3 Å². The summed E-state index contributed by atoms with van der Waals surface area (Å²) in [6, 6.07) is 13.6. The maximum absolute atomic E-state index is 15.1. The van der Waals surface area contributed by atoms with Crippen molar-refractivity contribution in [3.05, 3.63) is 119 Å². The summed E-state index contributed by atoms with van der Waals surface area (Å²) in [5, 5.41) is 33.4. The van der Waals surface area contributed by atoms with Crippen molar-refractivity contribution in [2.24, 2.45) is 0 Å². The number of carboxylic acids is 1. The number of aromatic nitrogens is 10. The van der Waals surface area contributed by atoms with Crippen molar-refractivity contribution in [3.63, 3.8) is 0 Å². The Labute approximate surface area is 463 Å². The number of fused-ring (bicyclic) bond motifs is 6. The van der Waals surface area contributed by atoms with Gasteiger partial charge in [-0.3, -0.25) is 14.6 Å². The van der Waals surface area contributed by atoms with E-state index in [4.69, 9.17) is 20.1 Å². The van der Waals surface area contributed by atoms with Crippen molar-refractivity contribution < 1.29 is 42.5 Å². The lowest BCUT2D eigenvalue weighted by Gasteiger charge is -2.34. The molecule has 81 heavy (non-hydrogen) atoms. The van der Waals surface area contributed by atoms with Crippen molar-refractivity contribution in [2.45, 2.75) is 77.5 Å². The smallest absolute Gasteiger partial charge is 0.329 e. The second-order valence-corrected chi connectivity index (χ2v) is 21.5. The molecule has 2 saturated heterocycles. The molecule has 0 bridgehead atoms. The van der Waals surface area contributed by atoms with Gasteiger partial charge >= 0.3 is 5.97 Å². The SMILES string of the molecule is CC1(C)CCc2nc3c(F)cc(-c4nc(Nc5ccc(CN6CCN(C(=O)CO)CC6)cn5)ncc4F)cc3n21.CC1(C)CCc2nc3c(F)cc(-c4nc(Nc5ccc(CN6CCNCC6)cn5)ncc4F)cc3n21.O=C(O)CO. The van der Waals surface area contributed by atoms with Crippen LogP contribution in [-0.4, -0.2) is 156 Å². The first-order valence-corrected chi connectivity index (χ1v) is 26.7. The predicted octanol–water partition coefficient (Wildman–Crippen LogP) is 6.29. The molecule has 1 amide bonds. The van der Waals surface area contributed by atoms with Gasteiger partial charge in [-0.05, 0) is 88.1 Å². The zero-order valence-corrected chi connectivity index (χ0v) is 45.2. The molecule has 2 aromatic carbocycles. The summed E-state index contributed by atoms with van der Waals surface area (Å²) in [6.45, 7) is 15.2. The van der Waals surface area contributed by atoms with E-state index < -0.39 is 42.5 Å². The summed E-state index contributed by atoms with van der Waals surface area (Å²) < 4.78 is 64.0. The predicted molar refractivity (Wildman–Crippen MR) is 293 cm³/mol. The molecule has 2 fully saturated rings. The van der Waals surface area contributed by atoms with Gasteiger partial charge in [-0.1, -0.05) is 12.1 Å². The largest absolute Gasteiger partial charge is 0.480 e. The highest BCUT2D eigenvalue weighted by Gasteiger charge is 2.35. The molecule has 8 aromatic rings. The molecule has 0 saturated carbocycles. The third-order valence-electron chi connectivity index (χ3n) is 14.9. The highest BCUT2D eigenvalue weighted by molar-refractivity contribution is 5.85. The number of aryl methyl sites for hydroxylation is 2. The average Bonchev–Trinajstić information content (AvgIpc) is 3.02. The molecule has 21 nitrogen and oxygen atoms in total. The second kappa shape index (κ2) is 23.5. The van der Waals surface area contributed by atoms with Gasteiger partial charge in [0, 0.05) is 113 Å². The minimum absolute atomic E-state index is 0.0138. The van der Waals surface area contributed by atoms with Crippen molar-refractivity contribution in [3.8, 4) is 22.5 Å². The average molecular weight is 1120 g/mol. The molecule has 25 heteroatoms. The fraction of sp³-hybridized carbons (Fsp3) is 0.393. The number of piperazine rings is 2. The molecule has 0 radical (unpaired) electrons. The Balaban J connectivity index is 0.000000169. The van der Waals surface area contributed by atoms with Crippen LogP contribution in [0.15, 0.2) is 73.3 Å². The Morgan fingerprint density at radius 1 is 0.580 bits per heavy atom. The van der Waals surface area contributed by atoms with Crippen molar-refractivity contribution in [1.82, 2.24) is 69.0 Å². The Kier molecular flexibility index (Phi) is 16.3. The molecule has 6 N–H and O–H groups in total.